The summed E-state index contributed by atoms with van der Waals surface area (Å²) in [5, 5.41) is 2.16. The number of halogens is 4. The van der Waals surface area contributed by atoms with Gasteiger partial charge in [-0.3, -0.25) is 0 Å². The van der Waals surface area contributed by atoms with Crippen molar-refractivity contribution in [2.24, 2.45) is 5.73 Å². The Morgan fingerprint density at radius 1 is 1.43 bits per heavy atom. The molecular formula is C7H14F4N2O. The molecule has 0 amide bonds. The van der Waals surface area contributed by atoms with E-state index in [9.17, 15) is 17.6 Å². The third-order valence-corrected chi connectivity index (χ3v) is 1.47. The highest BCUT2D eigenvalue weighted by Gasteiger charge is 2.40. The summed E-state index contributed by atoms with van der Waals surface area (Å²) in [6.45, 7) is -0.883. The summed E-state index contributed by atoms with van der Waals surface area (Å²) in [5.74, 6) is -4.01. The standard InChI is InChI=1S/C7H14F4N2O/c1-14-3-5(12)2-13-4-7(10,11)6(8)9/h5-6,13H,2-4,12H2,1H3. The number of methoxy groups -OCH3 is 1. The van der Waals surface area contributed by atoms with E-state index in [4.69, 9.17) is 5.73 Å². The summed E-state index contributed by atoms with van der Waals surface area (Å²) in [6.07, 6.45) is -3.66. The molecule has 1 atom stereocenters. The second-order valence-electron chi connectivity index (χ2n) is 2.91. The Bertz CT molecular complexity index is 157. The first kappa shape index (κ1) is 13.6. The normalized spacial score (nSPS) is 14.8. The van der Waals surface area contributed by atoms with Crippen molar-refractivity contribution in [2.45, 2.75) is 18.4 Å². The van der Waals surface area contributed by atoms with Crippen LogP contribution >= 0.6 is 0 Å². The highest BCUT2D eigenvalue weighted by molar-refractivity contribution is 4.74. The predicted molar refractivity (Wildman–Crippen MR) is 43.7 cm³/mol. The Morgan fingerprint density at radius 2 is 2.00 bits per heavy atom. The van der Waals surface area contributed by atoms with Crippen molar-refractivity contribution >= 4 is 0 Å². The van der Waals surface area contributed by atoms with Crippen LogP contribution in [0.15, 0.2) is 0 Å². The largest absolute Gasteiger partial charge is 0.383 e. The second kappa shape index (κ2) is 6.15. The van der Waals surface area contributed by atoms with Crippen LogP contribution in [0.1, 0.15) is 0 Å². The van der Waals surface area contributed by atoms with Crippen LogP contribution < -0.4 is 11.1 Å². The zero-order chi connectivity index (χ0) is 11.2. The molecule has 0 aromatic carbocycles. The van der Waals surface area contributed by atoms with Gasteiger partial charge in [0, 0.05) is 19.7 Å². The first-order valence-electron chi connectivity index (χ1n) is 4.01. The molecule has 0 radical (unpaired) electrons. The number of rotatable bonds is 7. The molecule has 3 N–H and O–H groups in total. The number of ether oxygens (including phenoxy) is 1. The molecule has 0 fully saturated rings. The highest BCUT2D eigenvalue weighted by atomic mass is 19.3. The maximum atomic E-state index is 12.3. The number of nitrogens with two attached hydrogens (primary N) is 1. The third kappa shape index (κ3) is 5.36. The first-order chi connectivity index (χ1) is 6.40. The predicted octanol–water partition coefficient (Wildman–Crippen LogP) is 0.450. The number of hydrogen-bond donors (Lipinski definition) is 2. The van der Waals surface area contributed by atoms with Gasteiger partial charge >= 0.3 is 12.3 Å². The Kier molecular flexibility index (Phi) is 5.98. The molecule has 0 bridgehead atoms. The summed E-state index contributed by atoms with van der Waals surface area (Å²) < 4.78 is 52.5. The van der Waals surface area contributed by atoms with Crippen molar-refractivity contribution in [1.29, 1.82) is 0 Å². The zero-order valence-corrected chi connectivity index (χ0v) is 7.77. The summed E-state index contributed by atoms with van der Waals surface area (Å²) in [5.41, 5.74) is 5.37. The van der Waals surface area contributed by atoms with E-state index < -0.39 is 24.9 Å². The zero-order valence-electron chi connectivity index (χ0n) is 7.77. The SMILES string of the molecule is COCC(N)CNCC(F)(F)C(F)F. The molecule has 1 unspecified atom stereocenters. The van der Waals surface area contributed by atoms with E-state index in [0.29, 0.717) is 0 Å². The van der Waals surface area contributed by atoms with Crippen LogP contribution in [0.2, 0.25) is 0 Å². The van der Waals surface area contributed by atoms with Gasteiger partial charge in [-0.1, -0.05) is 0 Å². The number of nitrogens with one attached hydrogen (secondary N) is 1. The molecule has 0 aromatic heterocycles. The van der Waals surface area contributed by atoms with Gasteiger partial charge in [0.25, 0.3) is 0 Å². The van der Waals surface area contributed by atoms with Gasteiger partial charge in [0.1, 0.15) is 0 Å². The van der Waals surface area contributed by atoms with Crippen molar-refractivity contribution in [1.82, 2.24) is 5.32 Å². The number of hydrogen-bond acceptors (Lipinski definition) is 3. The fraction of sp³-hybridized carbons (Fsp3) is 1.00. The van der Waals surface area contributed by atoms with Gasteiger partial charge in [0.05, 0.1) is 13.2 Å². The topological polar surface area (TPSA) is 47.3 Å². The Labute approximate surface area is 79.6 Å². The molecule has 7 heteroatoms. The summed E-state index contributed by atoms with van der Waals surface area (Å²) >= 11 is 0. The minimum Gasteiger partial charge on any atom is -0.383 e. The molecule has 0 aliphatic carbocycles. The van der Waals surface area contributed by atoms with Crippen LogP contribution in [-0.2, 0) is 4.74 Å². The molecule has 86 valence electrons. The van der Waals surface area contributed by atoms with Crippen LogP contribution in [0, 0.1) is 0 Å². The van der Waals surface area contributed by atoms with Crippen molar-refractivity contribution < 1.29 is 22.3 Å². The maximum absolute atomic E-state index is 12.3. The van der Waals surface area contributed by atoms with Crippen LogP contribution in [0.4, 0.5) is 17.6 Å². The molecule has 14 heavy (non-hydrogen) atoms. The van der Waals surface area contributed by atoms with Crippen LogP contribution in [0.5, 0.6) is 0 Å². The van der Waals surface area contributed by atoms with Crippen molar-refractivity contribution in [3.63, 3.8) is 0 Å². The van der Waals surface area contributed by atoms with E-state index in [2.05, 4.69) is 10.1 Å². The van der Waals surface area contributed by atoms with Crippen molar-refractivity contribution in [3.8, 4) is 0 Å². The average molecular weight is 218 g/mol. The van der Waals surface area contributed by atoms with Gasteiger partial charge in [-0.05, 0) is 0 Å². The number of alkyl halides is 4. The molecule has 0 aliphatic rings. The van der Waals surface area contributed by atoms with Crippen molar-refractivity contribution in [2.75, 3.05) is 26.8 Å². The van der Waals surface area contributed by atoms with Gasteiger partial charge < -0.3 is 15.8 Å². The Morgan fingerprint density at radius 3 is 2.43 bits per heavy atom. The lowest BCUT2D eigenvalue weighted by Crippen LogP contribution is -2.44. The first-order valence-corrected chi connectivity index (χ1v) is 4.01. The van der Waals surface area contributed by atoms with E-state index in [-0.39, 0.29) is 13.2 Å². The van der Waals surface area contributed by atoms with E-state index in [1.807, 2.05) is 0 Å². The molecule has 0 saturated heterocycles. The molecule has 0 rings (SSSR count). The van der Waals surface area contributed by atoms with Gasteiger partial charge in [-0.15, -0.1) is 0 Å². The van der Waals surface area contributed by atoms with Crippen molar-refractivity contribution in [3.05, 3.63) is 0 Å². The minimum atomic E-state index is -4.01. The second-order valence-corrected chi connectivity index (χ2v) is 2.91. The van der Waals surface area contributed by atoms with Gasteiger partial charge in [-0.2, -0.15) is 8.78 Å². The minimum absolute atomic E-state index is 0.0101. The maximum Gasteiger partial charge on any atom is 0.319 e. The highest BCUT2D eigenvalue weighted by Crippen LogP contribution is 2.21. The van der Waals surface area contributed by atoms with Gasteiger partial charge in [-0.25, -0.2) is 8.78 Å². The lowest BCUT2D eigenvalue weighted by molar-refractivity contribution is -0.125. The molecular weight excluding hydrogens is 204 g/mol. The smallest absolute Gasteiger partial charge is 0.319 e. The summed E-state index contributed by atoms with van der Waals surface area (Å²) in [7, 11) is 1.41. The molecule has 0 saturated carbocycles. The fourth-order valence-corrected chi connectivity index (χ4v) is 0.774. The lowest BCUT2D eigenvalue weighted by atomic mass is 10.3. The van der Waals surface area contributed by atoms with Gasteiger partial charge in [0.2, 0.25) is 0 Å². The lowest BCUT2D eigenvalue weighted by Gasteiger charge is -2.17. The molecule has 0 aromatic rings. The third-order valence-electron chi connectivity index (χ3n) is 1.47. The fourth-order valence-electron chi connectivity index (χ4n) is 0.774. The molecule has 0 spiro atoms. The van der Waals surface area contributed by atoms with E-state index in [0.717, 1.165) is 0 Å². The Hall–Kier alpha value is -0.400. The van der Waals surface area contributed by atoms with E-state index in [1.54, 1.807) is 0 Å². The Balaban J connectivity index is 3.62. The average Bonchev–Trinajstić information content (AvgIpc) is 2.04. The van der Waals surface area contributed by atoms with E-state index >= 15 is 0 Å². The molecule has 0 aliphatic heterocycles. The quantitative estimate of drug-likeness (QED) is 0.610. The van der Waals surface area contributed by atoms with Crippen LogP contribution in [-0.4, -0.2) is 45.2 Å². The summed E-state index contributed by atoms with van der Waals surface area (Å²) in [4.78, 5) is 0. The van der Waals surface area contributed by atoms with Crippen LogP contribution in [0.3, 0.4) is 0 Å². The monoisotopic (exact) mass is 218 g/mol. The van der Waals surface area contributed by atoms with E-state index in [1.165, 1.54) is 7.11 Å². The van der Waals surface area contributed by atoms with Crippen LogP contribution in [0.25, 0.3) is 0 Å². The summed E-state index contributed by atoms with van der Waals surface area (Å²) in [6, 6.07) is -0.478. The molecule has 0 heterocycles. The van der Waals surface area contributed by atoms with Gasteiger partial charge in [0.15, 0.2) is 0 Å². The molecule has 3 nitrogen and oxygen atoms in total.